The van der Waals surface area contributed by atoms with Crippen LogP contribution in [0.3, 0.4) is 0 Å². The van der Waals surface area contributed by atoms with Crippen molar-refractivity contribution in [3.63, 3.8) is 0 Å². The number of halogens is 1. The number of allylic oxidation sites excluding steroid dienone is 3. The van der Waals surface area contributed by atoms with E-state index >= 15 is 0 Å². The van der Waals surface area contributed by atoms with Crippen LogP contribution in [-0.2, 0) is 11.2 Å². The molecule has 1 atom stereocenters. The number of pyridine rings is 1. The van der Waals surface area contributed by atoms with E-state index in [2.05, 4.69) is 38.1 Å². The molecule has 1 aliphatic carbocycles. The van der Waals surface area contributed by atoms with Crippen LogP contribution in [0.15, 0.2) is 66.5 Å². The Hall–Kier alpha value is -4.24. The van der Waals surface area contributed by atoms with Crippen LogP contribution < -0.4 is 21.7 Å². The molecule has 2 amide bonds. The molecule has 1 aromatic carbocycles. The topological polar surface area (TPSA) is 125 Å². The lowest BCUT2D eigenvalue weighted by molar-refractivity contribution is -0.117. The molecule has 2 aromatic heterocycles. The average Bonchev–Trinajstić information content (AvgIpc) is 3.23. The third-order valence-electron chi connectivity index (χ3n) is 6.76. The fraction of sp³-hybridized carbons (Fsp3) is 0.276. The molecule has 2 aliphatic rings. The molecule has 3 heterocycles. The summed E-state index contributed by atoms with van der Waals surface area (Å²) < 4.78 is 13.4. The number of H-pyrrole nitrogens is 1. The zero-order chi connectivity index (χ0) is 26.9. The molecule has 9 heteroatoms. The molecule has 0 saturated heterocycles. The van der Waals surface area contributed by atoms with Crippen molar-refractivity contribution in [1.82, 2.24) is 15.3 Å². The van der Waals surface area contributed by atoms with E-state index in [1.807, 2.05) is 26.0 Å². The summed E-state index contributed by atoms with van der Waals surface area (Å²) in [6.45, 7) is 4.04. The van der Waals surface area contributed by atoms with Crippen molar-refractivity contribution in [2.75, 3.05) is 17.2 Å². The number of carbonyl (C=O) groups excluding carboxylic acids is 2. The molecule has 1 aliphatic heterocycles. The maximum absolute atomic E-state index is 13.4. The van der Waals surface area contributed by atoms with Gasteiger partial charge in [-0.3, -0.25) is 9.59 Å². The van der Waals surface area contributed by atoms with E-state index in [0.29, 0.717) is 29.1 Å². The van der Waals surface area contributed by atoms with Gasteiger partial charge in [0.2, 0.25) is 5.91 Å². The van der Waals surface area contributed by atoms with Gasteiger partial charge in [-0.2, -0.15) is 0 Å². The lowest BCUT2D eigenvalue weighted by Gasteiger charge is -2.31. The van der Waals surface area contributed by atoms with Gasteiger partial charge in [-0.15, -0.1) is 0 Å². The third-order valence-corrected chi connectivity index (χ3v) is 6.76. The first kappa shape index (κ1) is 25.4. The van der Waals surface area contributed by atoms with Gasteiger partial charge < -0.3 is 26.7 Å². The number of fused-ring (bicyclic) bond motifs is 1. The molecule has 5 rings (SSSR count). The Kier molecular flexibility index (Phi) is 6.86. The minimum atomic E-state index is -0.660. The molecular weight excluding hydrogens is 483 g/mol. The van der Waals surface area contributed by atoms with Crippen molar-refractivity contribution in [2.24, 2.45) is 5.73 Å². The molecule has 8 nitrogen and oxygen atoms in total. The lowest BCUT2D eigenvalue weighted by Crippen LogP contribution is -2.49. The van der Waals surface area contributed by atoms with Crippen LogP contribution in [-0.4, -0.2) is 33.9 Å². The Bertz CT molecular complexity index is 1440. The molecule has 0 bridgehead atoms. The first-order chi connectivity index (χ1) is 18.2. The zero-order valence-electron chi connectivity index (χ0n) is 21.4. The first-order valence-electron chi connectivity index (χ1n) is 12.7. The van der Waals surface area contributed by atoms with E-state index in [4.69, 9.17) is 5.73 Å². The average molecular weight is 515 g/mol. The molecular formula is C29H31FN6O2. The second-order valence-electron chi connectivity index (χ2n) is 10.3. The van der Waals surface area contributed by atoms with Gasteiger partial charge >= 0.3 is 0 Å². The summed E-state index contributed by atoms with van der Waals surface area (Å²) >= 11 is 0. The molecule has 0 fully saturated rings. The van der Waals surface area contributed by atoms with Crippen molar-refractivity contribution in [1.29, 1.82) is 0 Å². The Labute approximate surface area is 220 Å². The third kappa shape index (κ3) is 5.24. The second-order valence-corrected chi connectivity index (χ2v) is 10.3. The number of carbonyl (C=O) groups is 2. The molecule has 3 aromatic rings. The largest absolute Gasteiger partial charge is 0.356 e. The number of hydrogen-bond donors (Lipinski definition) is 5. The summed E-state index contributed by atoms with van der Waals surface area (Å²) in [5.41, 5.74) is 10.6. The predicted octanol–water partition coefficient (Wildman–Crippen LogP) is 4.61. The highest BCUT2D eigenvalue weighted by molar-refractivity contribution is 6.06. The van der Waals surface area contributed by atoms with E-state index in [1.54, 1.807) is 24.4 Å². The Morgan fingerprint density at radius 1 is 1.21 bits per heavy atom. The minimum Gasteiger partial charge on any atom is -0.356 e. The minimum absolute atomic E-state index is 0.0576. The van der Waals surface area contributed by atoms with Crippen LogP contribution in [0.1, 0.15) is 54.2 Å². The van der Waals surface area contributed by atoms with Crippen molar-refractivity contribution < 1.29 is 14.0 Å². The van der Waals surface area contributed by atoms with Gasteiger partial charge in [0.1, 0.15) is 11.6 Å². The summed E-state index contributed by atoms with van der Waals surface area (Å²) in [5.74, 6) is -1.19. The summed E-state index contributed by atoms with van der Waals surface area (Å²) in [4.78, 5) is 34.0. The van der Waals surface area contributed by atoms with Gasteiger partial charge in [0, 0.05) is 41.7 Å². The Morgan fingerprint density at radius 3 is 2.71 bits per heavy atom. The highest BCUT2D eigenvalue weighted by Gasteiger charge is 2.35. The van der Waals surface area contributed by atoms with E-state index < -0.39 is 5.92 Å². The van der Waals surface area contributed by atoms with Gasteiger partial charge in [0.25, 0.3) is 5.91 Å². The van der Waals surface area contributed by atoms with Crippen molar-refractivity contribution in [3.8, 4) is 11.3 Å². The monoisotopic (exact) mass is 514 g/mol. The molecule has 1 unspecified atom stereocenters. The van der Waals surface area contributed by atoms with Crippen molar-refractivity contribution in [2.45, 2.75) is 44.6 Å². The second kappa shape index (κ2) is 10.3. The van der Waals surface area contributed by atoms with Crippen LogP contribution in [0, 0.1) is 5.82 Å². The van der Waals surface area contributed by atoms with E-state index in [1.165, 1.54) is 12.1 Å². The number of nitrogens with zero attached hydrogens (tertiary/aromatic N) is 1. The lowest BCUT2D eigenvalue weighted by atomic mass is 9.91. The van der Waals surface area contributed by atoms with Gasteiger partial charge in [-0.05, 0) is 62.6 Å². The van der Waals surface area contributed by atoms with E-state index in [0.717, 1.165) is 35.5 Å². The summed E-state index contributed by atoms with van der Waals surface area (Å²) in [6.07, 6.45) is 10.4. The van der Waals surface area contributed by atoms with Crippen LogP contribution in [0.2, 0.25) is 0 Å². The molecule has 0 radical (unpaired) electrons. The number of amides is 2. The van der Waals surface area contributed by atoms with Crippen LogP contribution in [0.4, 0.5) is 15.9 Å². The number of aromatic nitrogens is 2. The van der Waals surface area contributed by atoms with E-state index in [9.17, 15) is 14.0 Å². The standard InChI is InChI=1S/C29H31FN6O2/c1-29(2)15-22-24(28(38)36-29)26(33-20-6-4-3-5-7-20)25(34-22)18-12-13-32-23(14-18)35-27(37)21(16-31)17-8-10-19(30)11-9-17/h4,6-14,21,33-34H,3,5,15-16,31H2,1-2H3,(H,36,38)(H,32,35,37). The molecule has 0 spiro atoms. The van der Waals surface area contributed by atoms with Gasteiger partial charge in [-0.25, -0.2) is 9.37 Å². The number of benzene rings is 1. The highest BCUT2D eigenvalue weighted by atomic mass is 19.1. The summed E-state index contributed by atoms with van der Waals surface area (Å²) in [5, 5.41) is 9.38. The molecule has 0 saturated carbocycles. The van der Waals surface area contributed by atoms with Crippen molar-refractivity contribution >= 4 is 23.3 Å². The molecule has 38 heavy (non-hydrogen) atoms. The highest BCUT2D eigenvalue weighted by Crippen LogP contribution is 2.38. The summed E-state index contributed by atoms with van der Waals surface area (Å²) in [7, 11) is 0. The number of hydrogen-bond acceptors (Lipinski definition) is 5. The molecule has 6 N–H and O–H groups in total. The first-order valence-corrected chi connectivity index (χ1v) is 12.7. The maximum atomic E-state index is 13.4. The summed E-state index contributed by atoms with van der Waals surface area (Å²) in [6, 6.07) is 9.30. The fourth-order valence-corrected chi connectivity index (χ4v) is 4.94. The quantitative estimate of drug-likeness (QED) is 0.315. The Morgan fingerprint density at radius 2 is 2.00 bits per heavy atom. The number of nitrogens with two attached hydrogens (primary N) is 1. The Balaban J connectivity index is 1.48. The van der Waals surface area contributed by atoms with Crippen molar-refractivity contribution in [3.05, 3.63) is 89.2 Å². The number of aromatic amines is 1. The number of nitrogens with one attached hydrogen (secondary N) is 4. The SMILES string of the molecule is CC1(C)Cc2[nH]c(-c3ccnc(NC(=O)C(CN)c4ccc(F)cc4)c3)c(NC3=CCCC=C3)c2C(=O)N1. The van der Waals surface area contributed by atoms with Gasteiger partial charge in [0.05, 0.1) is 22.9 Å². The molecule has 196 valence electrons. The van der Waals surface area contributed by atoms with Gasteiger partial charge in [0.15, 0.2) is 0 Å². The fourth-order valence-electron chi connectivity index (χ4n) is 4.94. The number of anilines is 2. The van der Waals surface area contributed by atoms with Crippen LogP contribution >= 0.6 is 0 Å². The van der Waals surface area contributed by atoms with E-state index in [-0.39, 0.29) is 29.7 Å². The maximum Gasteiger partial charge on any atom is 0.255 e. The van der Waals surface area contributed by atoms with Crippen LogP contribution in [0.5, 0.6) is 0 Å². The normalized spacial score (nSPS) is 16.7. The smallest absolute Gasteiger partial charge is 0.255 e. The van der Waals surface area contributed by atoms with Gasteiger partial charge in [-0.1, -0.05) is 24.3 Å². The predicted molar refractivity (Wildman–Crippen MR) is 146 cm³/mol. The number of rotatable bonds is 7. The van der Waals surface area contributed by atoms with Crippen LogP contribution in [0.25, 0.3) is 11.3 Å². The zero-order valence-corrected chi connectivity index (χ0v) is 21.4.